The van der Waals surface area contributed by atoms with Crippen LogP contribution in [0.25, 0.3) is 0 Å². The smallest absolute Gasteiger partial charge is 0.272 e. The number of carbonyl (C=O) groups excluding carboxylic acids is 2. The summed E-state index contributed by atoms with van der Waals surface area (Å²) in [7, 11) is 0. The number of nitrogens with two attached hydrogens (primary N) is 1. The molecule has 144 valence electrons. The molecular formula is C19H24FN5O2. The number of rotatable bonds is 4. The predicted molar refractivity (Wildman–Crippen MR) is 99.1 cm³/mol. The van der Waals surface area contributed by atoms with E-state index >= 15 is 0 Å². The van der Waals surface area contributed by atoms with Crippen LogP contribution in [0.15, 0.2) is 30.3 Å². The second kappa shape index (κ2) is 7.77. The van der Waals surface area contributed by atoms with Crippen molar-refractivity contribution in [1.82, 2.24) is 20.0 Å². The van der Waals surface area contributed by atoms with Crippen LogP contribution in [0, 0.1) is 11.7 Å². The molecule has 27 heavy (non-hydrogen) atoms. The van der Waals surface area contributed by atoms with Gasteiger partial charge in [0, 0.05) is 32.1 Å². The van der Waals surface area contributed by atoms with Gasteiger partial charge in [0.05, 0.1) is 6.04 Å². The maximum absolute atomic E-state index is 13.2. The lowest BCUT2D eigenvalue weighted by molar-refractivity contribution is -0.134. The van der Waals surface area contributed by atoms with Crippen LogP contribution in [0.1, 0.15) is 36.3 Å². The summed E-state index contributed by atoms with van der Waals surface area (Å²) in [6.45, 7) is 5.19. The van der Waals surface area contributed by atoms with E-state index in [1.165, 1.54) is 18.2 Å². The second-order valence-corrected chi connectivity index (χ2v) is 7.17. The van der Waals surface area contributed by atoms with Gasteiger partial charge in [0.2, 0.25) is 5.91 Å². The zero-order valence-electron chi connectivity index (χ0n) is 15.5. The fraction of sp³-hybridized carbons (Fsp3) is 0.421. The van der Waals surface area contributed by atoms with Gasteiger partial charge in [-0.3, -0.25) is 14.7 Å². The number of aromatic amines is 1. The topological polar surface area (TPSA) is 95.3 Å². The minimum absolute atomic E-state index is 0.0163. The SMILES string of the molecule is CC(C)C1CN(C(=O)c2cc(N)n[nH]2)CCC(=O)N1Cc1ccc(F)cc1. The Morgan fingerprint density at radius 2 is 2.07 bits per heavy atom. The van der Waals surface area contributed by atoms with Gasteiger partial charge in [-0.05, 0) is 23.6 Å². The Balaban J connectivity index is 1.81. The lowest BCUT2D eigenvalue weighted by Gasteiger charge is -2.34. The van der Waals surface area contributed by atoms with E-state index in [1.807, 2.05) is 13.8 Å². The fourth-order valence-corrected chi connectivity index (χ4v) is 3.34. The van der Waals surface area contributed by atoms with Crippen LogP contribution in [-0.2, 0) is 11.3 Å². The standard InChI is InChI=1S/C19H24FN5O2/c1-12(2)16-11-24(19(27)15-9-17(21)23-22-15)8-7-18(26)25(16)10-13-3-5-14(20)6-4-13/h3-6,9,12,16H,7-8,10-11H2,1-2H3,(H3,21,22,23). The monoisotopic (exact) mass is 373 g/mol. The molecule has 0 aliphatic carbocycles. The minimum Gasteiger partial charge on any atom is -0.382 e. The van der Waals surface area contributed by atoms with Crippen LogP contribution in [0.5, 0.6) is 0 Å². The lowest BCUT2D eigenvalue weighted by Crippen LogP contribution is -2.47. The molecule has 7 nitrogen and oxygen atoms in total. The van der Waals surface area contributed by atoms with E-state index in [0.717, 1.165) is 5.56 Å². The Kier molecular flexibility index (Phi) is 5.43. The zero-order chi connectivity index (χ0) is 19.6. The highest BCUT2D eigenvalue weighted by atomic mass is 19.1. The molecule has 8 heteroatoms. The van der Waals surface area contributed by atoms with Gasteiger partial charge in [-0.1, -0.05) is 26.0 Å². The number of hydrogen-bond donors (Lipinski definition) is 2. The number of carbonyl (C=O) groups is 2. The van der Waals surface area contributed by atoms with Crippen LogP contribution in [0.4, 0.5) is 10.2 Å². The molecule has 1 unspecified atom stereocenters. The average Bonchev–Trinajstić information content (AvgIpc) is 3.00. The molecule has 0 radical (unpaired) electrons. The zero-order valence-corrected chi connectivity index (χ0v) is 15.5. The first-order valence-electron chi connectivity index (χ1n) is 8.99. The quantitative estimate of drug-likeness (QED) is 0.857. The third kappa shape index (κ3) is 4.27. The van der Waals surface area contributed by atoms with E-state index in [4.69, 9.17) is 5.73 Å². The molecule has 1 saturated heterocycles. The van der Waals surface area contributed by atoms with Gasteiger partial charge in [0.1, 0.15) is 17.3 Å². The first-order valence-corrected chi connectivity index (χ1v) is 8.99. The van der Waals surface area contributed by atoms with Gasteiger partial charge >= 0.3 is 0 Å². The largest absolute Gasteiger partial charge is 0.382 e. The fourth-order valence-electron chi connectivity index (χ4n) is 3.34. The number of hydrogen-bond acceptors (Lipinski definition) is 4. The molecule has 2 amide bonds. The summed E-state index contributed by atoms with van der Waals surface area (Å²) in [5, 5.41) is 6.43. The summed E-state index contributed by atoms with van der Waals surface area (Å²) >= 11 is 0. The summed E-state index contributed by atoms with van der Waals surface area (Å²) in [6, 6.07) is 7.49. The van der Waals surface area contributed by atoms with Gasteiger partial charge < -0.3 is 15.5 Å². The Morgan fingerprint density at radius 1 is 1.37 bits per heavy atom. The molecule has 0 spiro atoms. The Hall–Kier alpha value is -2.90. The highest BCUT2D eigenvalue weighted by Crippen LogP contribution is 2.22. The summed E-state index contributed by atoms with van der Waals surface area (Å²) < 4.78 is 13.2. The van der Waals surface area contributed by atoms with Crippen molar-refractivity contribution in [2.24, 2.45) is 5.92 Å². The van der Waals surface area contributed by atoms with E-state index in [9.17, 15) is 14.0 Å². The number of benzene rings is 1. The van der Waals surface area contributed by atoms with Crippen molar-refractivity contribution in [1.29, 1.82) is 0 Å². The van der Waals surface area contributed by atoms with Crippen LogP contribution in [-0.4, -0.2) is 50.9 Å². The second-order valence-electron chi connectivity index (χ2n) is 7.17. The molecule has 1 fully saturated rings. The van der Waals surface area contributed by atoms with Crippen molar-refractivity contribution in [3.63, 3.8) is 0 Å². The molecule has 0 saturated carbocycles. The molecule has 1 aromatic heterocycles. The highest BCUT2D eigenvalue weighted by Gasteiger charge is 2.34. The van der Waals surface area contributed by atoms with Gasteiger partial charge in [-0.25, -0.2) is 4.39 Å². The van der Waals surface area contributed by atoms with Crippen molar-refractivity contribution in [3.8, 4) is 0 Å². The summed E-state index contributed by atoms with van der Waals surface area (Å²) in [4.78, 5) is 29.0. The molecule has 0 bridgehead atoms. The maximum atomic E-state index is 13.2. The molecule has 1 aliphatic rings. The first-order chi connectivity index (χ1) is 12.8. The van der Waals surface area contributed by atoms with Gasteiger partial charge in [0.15, 0.2) is 0 Å². The molecule has 1 aliphatic heterocycles. The maximum Gasteiger partial charge on any atom is 0.272 e. The number of nitrogens with zero attached hydrogens (tertiary/aromatic N) is 3. The molecule has 2 heterocycles. The summed E-state index contributed by atoms with van der Waals surface area (Å²) in [5.41, 5.74) is 6.76. The van der Waals surface area contributed by atoms with Crippen molar-refractivity contribution in [2.75, 3.05) is 18.8 Å². The van der Waals surface area contributed by atoms with E-state index in [1.54, 1.807) is 21.9 Å². The predicted octanol–water partition coefficient (Wildman–Crippen LogP) is 2.03. The molecule has 1 atom stereocenters. The normalized spacial score (nSPS) is 18.1. The first kappa shape index (κ1) is 18.9. The average molecular weight is 373 g/mol. The Labute approximate surface area is 157 Å². The van der Waals surface area contributed by atoms with E-state index in [0.29, 0.717) is 25.3 Å². The molecule has 2 aromatic rings. The minimum atomic E-state index is -0.308. The molecule has 1 aromatic carbocycles. The van der Waals surface area contributed by atoms with Crippen molar-refractivity contribution < 1.29 is 14.0 Å². The van der Waals surface area contributed by atoms with Gasteiger partial charge in [-0.2, -0.15) is 5.10 Å². The third-order valence-electron chi connectivity index (χ3n) is 4.87. The van der Waals surface area contributed by atoms with Crippen molar-refractivity contribution in [2.45, 2.75) is 32.9 Å². The van der Waals surface area contributed by atoms with Crippen LogP contribution in [0.3, 0.4) is 0 Å². The third-order valence-corrected chi connectivity index (χ3v) is 4.87. The molecule has 3 N–H and O–H groups in total. The van der Waals surface area contributed by atoms with Gasteiger partial charge in [0.25, 0.3) is 5.91 Å². The Morgan fingerprint density at radius 3 is 2.67 bits per heavy atom. The number of nitrogen functional groups attached to an aromatic ring is 1. The van der Waals surface area contributed by atoms with Crippen molar-refractivity contribution in [3.05, 3.63) is 47.4 Å². The molecular weight excluding hydrogens is 349 g/mol. The van der Waals surface area contributed by atoms with Crippen LogP contribution in [0.2, 0.25) is 0 Å². The highest BCUT2D eigenvalue weighted by molar-refractivity contribution is 5.93. The summed E-state index contributed by atoms with van der Waals surface area (Å²) in [6.07, 6.45) is 0.236. The van der Waals surface area contributed by atoms with Crippen LogP contribution < -0.4 is 5.73 Å². The van der Waals surface area contributed by atoms with E-state index in [-0.39, 0.29) is 41.8 Å². The summed E-state index contributed by atoms with van der Waals surface area (Å²) in [5.74, 6) is -0.145. The number of H-pyrrole nitrogens is 1. The number of anilines is 1. The lowest BCUT2D eigenvalue weighted by atomic mass is 10.0. The number of aromatic nitrogens is 2. The van der Waals surface area contributed by atoms with Crippen LogP contribution >= 0.6 is 0 Å². The van der Waals surface area contributed by atoms with Gasteiger partial charge in [-0.15, -0.1) is 0 Å². The van der Waals surface area contributed by atoms with E-state index in [2.05, 4.69) is 10.2 Å². The molecule has 3 rings (SSSR count). The number of halogens is 1. The number of amides is 2. The Bertz CT molecular complexity index is 818. The number of nitrogens with one attached hydrogen (secondary N) is 1. The van der Waals surface area contributed by atoms with Crippen molar-refractivity contribution >= 4 is 17.6 Å². The van der Waals surface area contributed by atoms with E-state index < -0.39 is 0 Å².